The summed E-state index contributed by atoms with van der Waals surface area (Å²) in [6.07, 6.45) is 1.22. The molecule has 1 rings (SSSR count). The van der Waals surface area contributed by atoms with E-state index in [1.54, 1.807) is 11.9 Å². The van der Waals surface area contributed by atoms with Crippen LogP contribution in [0.2, 0.25) is 0 Å². The maximum atomic E-state index is 11.0. The van der Waals surface area contributed by atoms with E-state index in [1.165, 1.54) is 17.6 Å². The van der Waals surface area contributed by atoms with Crippen molar-refractivity contribution in [3.05, 3.63) is 10.6 Å². The highest BCUT2D eigenvalue weighted by Crippen LogP contribution is 2.24. The first kappa shape index (κ1) is 13.4. The Labute approximate surface area is 99.7 Å². The molecule has 1 aromatic rings. The van der Waals surface area contributed by atoms with Crippen LogP contribution in [0.4, 0.5) is 5.13 Å². The molecule has 92 valence electrons. The lowest BCUT2D eigenvalue weighted by molar-refractivity contribution is 0.284. The van der Waals surface area contributed by atoms with Crippen molar-refractivity contribution in [3.63, 3.8) is 0 Å². The molecule has 0 spiro atoms. The van der Waals surface area contributed by atoms with E-state index in [1.807, 2.05) is 6.92 Å². The number of hydrogen-bond acceptors (Lipinski definition) is 6. The lowest BCUT2D eigenvalue weighted by Crippen LogP contribution is -2.24. The molecule has 7 heteroatoms. The molecule has 1 aromatic heterocycles. The molecular weight excluding hydrogens is 248 g/mol. The molecule has 0 radical (unpaired) electrons. The van der Waals surface area contributed by atoms with Gasteiger partial charge in [0.25, 0.3) is 0 Å². The fraction of sp³-hybridized carbons (Fsp3) is 0.667. The Balaban J connectivity index is 2.69. The Morgan fingerprint density at radius 3 is 2.56 bits per heavy atom. The average Bonchev–Trinajstić information content (AvgIpc) is 2.55. The molecule has 0 amide bonds. The zero-order chi connectivity index (χ0) is 12.3. The second kappa shape index (κ2) is 5.11. The van der Waals surface area contributed by atoms with Gasteiger partial charge in [0, 0.05) is 19.8 Å². The van der Waals surface area contributed by atoms with Gasteiger partial charge in [-0.15, -0.1) is 0 Å². The largest absolute Gasteiger partial charge is 0.391 e. The Hall–Kier alpha value is -0.660. The Bertz CT molecular complexity index is 453. The minimum absolute atomic E-state index is 0.0244. The first-order valence-corrected chi connectivity index (χ1v) is 7.67. The van der Waals surface area contributed by atoms with Crippen molar-refractivity contribution < 1.29 is 13.5 Å². The second-order valence-electron chi connectivity index (χ2n) is 3.71. The third-order valence-corrected chi connectivity index (χ3v) is 4.33. The normalized spacial score (nSPS) is 11.8. The average molecular weight is 264 g/mol. The molecule has 0 saturated heterocycles. The van der Waals surface area contributed by atoms with Gasteiger partial charge < -0.3 is 10.0 Å². The van der Waals surface area contributed by atoms with E-state index in [4.69, 9.17) is 5.11 Å². The first-order valence-electron chi connectivity index (χ1n) is 4.79. The van der Waals surface area contributed by atoms with Gasteiger partial charge in [0.05, 0.1) is 22.9 Å². The number of anilines is 1. The van der Waals surface area contributed by atoms with Crippen LogP contribution in [0, 0.1) is 6.92 Å². The zero-order valence-electron chi connectivity index (χ0n) is 9.60. The van der Waals surface area contributed by atoms with Gasteiger partial charge in [-0.1, -0.05) is 11.3 Å². The summed E-state index contributed by atoms with van der Waals surface area (Å²) in [5.41, 5.74) is 0.800. The molecule has 0 atom stereocenters. The third-order valence-electron chi connectivity index (χ3n) is 2.15. The van der Waals surface area contributed by atoms with E-state index < -0.39 is 9.84 Å². The van der Waals surface area contributed by atoms with Crippen LogP contribution in [0.3, 0.4) is 0 Å². The Morgan fingerprint density at radius 1 is 1.50 bits per heavy atom. The number of aliphatic hydroxyl groups excluding tert-OH is 1. The van der Waals surface area contributed by atoms with Crippen LogP contribution in [0.15, 0.2) is 0 Å². The number of hydrogen-bond donors (Lipinski definition) is 1. The SMILES string of the molecule is Cc1nc(N(C)CCS(C)(=O)=O)sc1CO. The van der Waals surface area contributed by atoms with Crippen molar-refractivity contribution in [1.29, 1.82) is 0 Å². The molecular formula is C9H16N2O3S2. The van der Waals surface area contributed by atoms with Crippen LogP contribution in [0.25, 0.3) is 0 Å². The molecule has 0 fully saturated rings. The highest BCUT2D eigenvalue weighted by atomic mass is 32.2. The summed E-state index contributed by atoms with van der Waals surface area (Å²) in [4.78, 5) is 6.88. The summed E-state index contributed by atoms with van der Waals surface area (Å²) in [5, 5.41) is 9.77. The molecule has 0 saturated carbocycles. The van der Waals surface area contributed by atoms with Crippen molar-refractivity contribution in [3.8, 4) is 0 Å². The highest BCUT2D eigenvalue weighted by molar-refractivity contribution is 7.90. The van der Waals surface area contributed by atoms with Crippen LogP contribution in [-0.4, -0.2) is 44.1 Å². The molecule has 0 bridgehead atoms. The molecule has 0 aliphatic carbocycles. The zero-order valence-corrected chi connectivity index (χ0v) is 11.2. The molecule has 0 aliphatic rings. The van der Waals surface area contributed by atoms with Gasteiger partial charge in [0.2, 0.25) is 0 Å². The molecule has 0 aromatic carbocycles. The van der Waals surface area contributed by atoms with Gasteiger partial charge in [-0.3, -0.25) is 0 Å². The van der Waals surface area contributed by atoms with Gasteiger partial charge in [0.1, 0.15) is 9.84 Å². The van der Waals surface area contributed by atoms with E-state index in [-0.39, 0.29) is 12.4 Å². The van der Waals surface area contributed by atoms with E-state index in [9.17, 15) is 8.42 Å². The second-order valence-corrected chi connectivity index (χ2v) is 7.04. The van der Waals surface area contributed by atoms with Crippen LogP contribution in [0.5, 0.6) is 0 Å². The quantitative estimate of drug-likeness (QED) is 0.835. The molecule has 0 aliphatic heterocycles. The standard InChI is InChI=1S/C9H16N2O3S2/c1-7-8(6-12)15-9(10-7)11(2)4-5-16(3,13)14/h12H,4-6H2,1-3H3. The summed E-state index contributed by atoms with van der Waals surface area (Å²) < 4.78 is 22.0. The number of sulfone groups is 1. The molecule has 16 heavy (non-hydrogen) atoms. The summed E-state index contributed by atoms with van der Waals surface area (Å²) in [7, 11) is -1.15. The van der Waals surface area contributed by atoms with Crippen molar-refractivity contribution in [2.24, 2.45) is 0 Å². The van der Waals surface area contributed by atoms with Gasteiger partial charge in [-0.25, -0.2) is 13.4 Å². The van der Waals surface area contributed by atoms with Crippen LogP contribution in [-0.2, 0) is 16.4 Å². The van der Waals surface area contributed by atoms with E-state index in [2.05, 4.69) is 4.98 Å². The number of rotatable bonds is 5. The summed E-state index contributed by atoms with van der Waals surface area (Å²) >= 11 is 1.39. The number of thiazole rings is 1. The summed E-state index contributed by atoms with van der Waals surface area (Å²) in [5.74, 6) is 0.108. The van der Waals surface area contributed by atoms with Gasteiger partial charge in [-0.05, 0) is 6.92 Å². The number of aliphatic hydroxyl groups is 1. The first-order chi connectivity index (χ1) is 7.33. The summed E-state index contributed by atoms with van der Waals surface area (Å²) in [6.45, 7) is 2.22. The van der Waals surface area contributed by atoms with Crippen molar-refractivity contribution in [1.82, 2.24) is 4.98 Å². The maximum Gasteiger partial charge on any atom is 0.185 e. The predicted octanol–water partition coefficient (Wildman–Crippen LogP) is 0.425. The van der Waals surface area contributed by atoms with Crippen molar-refractivity contribution in [2.45, 2.75) is 13.5 Å². The smallest absolute Gasteiger partial charge is 0.185 e. The fourth-order valence-electron chi connectivity index (χ4n) is 1.12. The van der Waals surface area contributed by atoms with Gasteiger partial charge >= 0.3 is 0 Å². The van der Waals surface area contributed by atoms with Gasteiger partial charge in [-0.2, -0.15) is 0 Å². The monoisotopic (exact) mass is 264 g/mol. The van der Waals surface area contributed by atoms with E-state index >= 15 is 0 Å². The lowest BCUT2D eigenvalue weighted by Gasteiger charge is -2.14. The predicted molar refractivity (Wildman–Crippen MR) is 65.8 cm³/mol. The molecule has 1 N–H and O–H groups in total. The molecule has 5 nitrogen and oxygen atoms in total. The highest BCUT2D eigenvalue weighted by Gasteiger charge is 2.12. The van der Waals surface area contributed by atoms with Gasteiger partial charge in [0.15, 0.2) is 5.13 Å². The van der Waals surface area contributed by atoms with Crippen LogP contribution < -0.4 is 4.90 Å². The van der Waals surface area contributed by atoms with E-state index in [0.717, 1.165) is 15.7 Å². The van der Waals surface area contributed by atoms with Crippen LogP contribution >= 0.6 is 11.3 Å². The lowest BCUT2D eigenvalue weighted by atomic mass is 10.4. The minimum atomic E-state index is -2.95. The number of aromatic nitrogens is 1. The minimum Gasteiger partial charge on any atom is -0.391 e. The van der Waals surface area contributed by atoms with Crippen molar-refractivity contribution in [2.75, 3.05) is 30.5 Å². The molecule has 0 unspecified atom stereocenters. The topological polar surface area (TPSA) is 70.5 Å². The van der Waals surface area contributed by atoms with Crippen LogP contribution in [0.1, 0.15) is 10.6 Å². The Morgan fingerprint density at radius 2 is 2.12 bits per heavy atom. The fourth-order valence-corrected chi connectivity index (χ4v) is 2.63. The Kier molecular flexibility index (Phi) is 4.28. The third kappa shape index (κ3) is 3.73. The number of nitrogens with zero attached hydrogens (tertiary/aromatic N) is 2. The van der Waals surface area contributed by atoms with E-state index in [0.29, 0.717) is 6.54 Å². The summed E-state index contributed by atoms with van der Waals surface area (Å²) in [6, 6.07) is 0. The molecule has 1 heterocycles. The maximum absolute atomic E-state index is 11.0. The number of aryl methyl sites for hydroxylation is 1. The van der Waals surface area contributed by atoms with Crippen molar-refractivity contribution >= 4 is 26.3 Å².